The van der Waals surface area contributed by atoms with E-state index in [1.54, 1.807) is 25.1 Å². The standard InChI is InChI=1S/C16H22ClNO3/c1-11(19)15(13-9-5-6-10-14(13)17)18(16(20)21)12-7-3-2-4-8-12/h5-6,9-12,15,19H,2-4,7-8H2,1H3,(H,20,21)/t11-,15?/m1/s1. The maximum absolute atomic E-state index is 11.8. The van der Waals surface area contributed by atoms with Crippen LogP contribution in [-0.2, 0) is 0 Å². The normalized spacial score (nSPS) is 19.0. The van der Waals surface area contributed by atoms with Gasteiger partial charge in [0.2, 0.25) is 0 Å². The summed E-state index contributed by atoms with van der Waals surface area (Å²) in [6.45, 7) is 1.62. The summed E-state index contributed by atoms with van der Waals surface area (Å²) in [6.07, 6.45) is 3.10. The minimum Gasteiger partial charge on any atom is -0.465 e. The molecule has 0 saturated heterocycles. The molecule has 1 aliphatic rings. The fraction of sp³-hybridized carbons (Fsp3) is 0.562. The summed E-state index contributed by atoms with van der Waals surface area (Å²) < 4.78 is 0. The molecule has 5 heteroatoms. The minimum absolute atomic E-state index is 0.0490. The van der Waals surface area contributed by atoms with Crippen LogP contribution in [0.2, 0.25) is 5.02 Å². The van der Waals surface area contributed by atoms with E-state index in [4.69, 9.17) is 11.6 Å². The summed E-state index contributed by atoms with van der Waals surface area (Å²) in [5, 5.41) is 20.3. The molecule has 1 aliphatic carbocycles. The van der Waals surface area contributed by atoms with Crippen molar-refractivity contribution < 1.29 is 15.0 Å². The molecule has 2 atom stereocenters. The first-order valence-corrected chi connectivity index (χ1v) is 7.84. The van der Waals surface area contributed by atoms with Crippen molar-refractivity contribution in [3.8, 4) is 0 Å². The van der Waals surface area contributed by atoms with Gasteiger partial charge < -0.3 is 10.2 Å². The molecule has 1 aromatic carbocycles. The summed E-state index contributed by atoms with van der Waals surface area (Å²) in [7, 11) is 0. The van der Waals surface area contributed by atoms with Gasteiger partial charge in [-0.3, -0.25) is 4.90 Å². The van der Waals surface area contributed by atoms with Crippen LogP contribution in [0.3, 0.4) is 0 Å². The number of hydrogen-bond donors (Lipinski definition) is 2. The molecule has 21 heavy (non-hydrogen) atoms. The Morgan fingerprint density at radius 2 is 1.90 bits per heavy atom. The highest BCUT2D eigenvalue weighted by Gasteiger charge is 2.36. The second-order valence-corrected chi connectivity index (χ2v) is 6.10. The second kappa shape index (κ2) is 7.14. The Balaban J connectivity index is 2.37. The molecule has 0 heterocycles. The van der Waals surface area contributed by atoms with Crippen molar-refractivity contribution in [1.82, 2.24) is 4.90 Å². The maximum atomic E-state index is 11.8. The number of amides is 1. The van der Waals surface area contributed by atoms with E-state index in [1.165, 1.54) is 4.90 Å². The van der Waals surface area contributed by atoms with E-state index in [2.05, 4.69) is 0 Å². The van der Waals surface area contributed by atoms with Crippen LogP contribution < -0.4 is 0 Å². The molecule has 0 bridgehead atoms. The van der Waals surface area contributed by atoms with Gasteiger partial charge in [-0.25, -0.2) is 4.79 Å². The molecule has 2 rings (SSSR count). The van der Waals surface area contributed by atoms with Gasteiger partial charge in [0.15, 0.2) is 0 Å². The Morgan fingerprint density at radius 1 is 1.29 bits per heavy atom. The fourth-order valence-corrected chi connectivity index (χ4v) is 3.47. The van der Waals surface area contributed by atoms with E-state index >= 15 is 0 Å². The Labute approximate surface area is 130 Å². The molecular formula is C16H22ClNO3. The van der Waals surface area contributed by atoms with Gasteiger partial charge in [-0.2, -0.15) is 0 Å². The number of carbonyl (C=O) groups is 1. The molecule has 116 valence electrons. The lowest BCUT2D eigenvalue weighted by Crippen LogP contribution is -2.46. The first-order chi connectivity index (χ1) is 10.0. The number of halogens is 1. The predicted molar refractivity (Wildman–Crippen MR) is 82.6 cm³/mol. The van der Waals surface area contributed by atoms with Gasteiger partial charge in [-0.1, -0.05) is 49.1 Å². The number of carboxylic acid groups (broad SMARTS) is 1. The van der Waals surface area contributed by atoms with E-state index in [1.807, 2.05) is 6.07 Å². The summed E-state index contributed by atoms with van der Waals surface area (Å²) in [6, 6.07) is 6.46. The van der Waals surface area contributed by atoms with E-state index in [-0.39, 0.29) is 6.04 Å². The average Bonchev–Trinajstić information content (AvgIpc) is 2.46. The zero-order valence-electron chi connectivity index (χ0n) is 12.2. The third-order valence-electron chi connectivity index (χ3n) is 4.17. The fourth-order valence-electron chi connectivity index (χ4n) is 3.22. The average molecular weight is 312 g/mol. The monoisotopic (exact) mass is 311 g/mol. The highest BCUT2D eigenvalue weighted by Crippen LogP contribution is 2.35. The summed E-state index contributed by atoms with van der Waals surface area (Å²) in [4.78, 5) is 13.2. The van der Waals surface area contributed by atoms with Gasteiger partial charge in [-0.05, 0) is 31.4 Å². The maximum Gasteiger partial charge on any atom is 0.408 e. The van der Waals surface area contributed by atoms with Crippen molar-refractivity contribution in [2.75, 3.05) is 0 Å². The first-order valence-electron chi connectivity index (χ1n) is 7.46. The van der Waals surface area contributed by atoms with Gasteiger partial charge in [0.1, 0.15) is 0 Å². The lowest BCUT2D eigenvalue weighted by molar-refractivity contribution is 0.0256. The van der Waals surface area contributed by atoms with E-state index in [0.717, 1.165) is 32.1 Å². The van der Waals surface area contributed by atoms with Gasteiger partial charge >= 0.3 is 6.09 Å². The molecule has 1 unspecified atom stereocenters. The summed E-state index contributed by atoms with van der Waals surface area (Å²) in [5.41, 5.74) is 0.669. The molecule has 1 saturated carbocycles. The highest BCUT2D eigenvalue weighted by atomic mass is 35.5. The molecule has 1 aromatic rings. The topological polar surface area (TPSA) is 60.8 Å². The third kappa shape index (κ3) is 3.69. The van der Waals surface area contributed by atoms with Gasteiger partial charge in [-0.15, -0.1) is 0 Å². The Kier molecular flexibility index (Phi) is 5.48. The predicted octanol–water partition coefficient (Wildman–Crippen LogP) is 4.07. The van der Waals surface area contributed by atoms with Crippen molar-refractivity contribution >= 4 is 17.7 Å². The molecule has 1 fully saturated rings. The summed E-state index contributed by atoms with van der Waals surface area (Å²) in [5.74, 6) is 0. The van der Waals surface area contributed by atoms with Gasteiger partial charge in [0.25, 0.3) is 0 Å². The smallest absolute Gasteiger partial charge is 0.408 e. The van der Waals surface area contributed by atoms with Gasteiger partial charge in [0, 0.05) is 11.1 Å². The first kappa shape index (κ1) is 16.1. The molecule has 0 aliphatic heterocycles. The van der Waals surface area contributed by atoms with Crippen molar-refractivity contribution in [3.63, 3.8) is 0 Å². The van der Waals surface area contributed by atoms with Crippen LogP contribution in [0, 0.1) is 0 Å². The van der Waals surface area contributed by atoms with Crippen LogP contribution in [0.15, 0.2) is 24.3 Å². The van der Waals surface area contributed by atoms with Crippen LogP contribution in [0.4, 0.5) is 4.79 Å². The van der Waals surface area contributed by atoms with E-state index in [0.29, 0.717) is 10.6 Å². The van der Waals surface area contributed by atoms with Crippen molar-refractivity contribution in [1.29, 1.82) is 0 Å². The number of aliphatic hydroxyl groups is 1. The number of rotatable bonds is 4. The highest BCUT2D eigenvalue weighted by molar-refractivity contribution is 6.31. The Hall–Kier alpha value is -1.26. The minimum atomic E-state index is -0.993. The molecule has 0 aromatic heterocycles. The number of nitrogens with zero attached hydrogens (tertiary/aromatic N) is 1. The Bertz CT molecular complexity index is 486. The van der Waals surface area contributed by atoms with Crippen molar-refractivity contribution in [2.45, 2.75) is 57.2 Å². The lowest BCUT2D eigenvalue weighted by atomic mass is 9.91. The van der Waals surface area contributed by atoms with Crippen LogP contribution in [0.25, 0.3) is 0 Å². The van der Waals surface area contributed by atoms with E-state index < -0.39 is 18.2 Å². The molecule has 0 radical (unpaired) electrons. The molecule has 4 nitrogen and oxygen atoms in total. The third-order valence-corrected chi connectivity index (χ3v) is 4.51. The van der Waals surface area contributed by atoms with Gasteiger partial charge in [0.05, 0.1) is 12.1 Å². The molecular weight excluding hydrogens is 290 g/mol. The largest absolute Gasteiger partial charge is 0.465 e. The second-order valence-electron chi connectivity index (χ2n) is 5.69. The zero-order valence-corrected chi connectivity index (χ0v) is 13.0. The van der Waals surface area contributed by atoms with Crippen molar-refractivity contribution in [3.05, 3.63) is 34.9 Å². The van der Waals surface area contributed by atoms with Crippen LogP contribution in [-0.4, -0.2) is 33.4 Å². The molecule has 0 spiro atoms. The van der Waals surface area contributed by atoms with Crippen LogP contribution in [0.5, 0.6) is 0 Å². The Morgan fingerprint density at radius 3 is 2.43 bits per heavy atom. The number of benzene rings is 1. The van der Waals surface area contributed by atoms with Crippen LogP contribution in [0.1, 0.15) is 50.6 Å². The van der Waals surface area contributed by atoms with Crippen LogP contribution >= 0.6 is 11.6 Å². The summed E-state index contributed by atoms with van der Waals surface area (Å²) >= 11 is 6.22. The lowest BCUT2D eigenvalue weighted by Gasteiger charge is -2.39. The molecule has 2 N–H and O–H groups in total. The quantitative estimate of drug-likeness (QED) is 0.881. The number of aliphatic hydroxyl groups excluding tert-OH is 1. The number of hydrogen-bond acceptors (Lipinski definition) is 2. The van der Waals surface area contributed by atoms with E-state index in [9.17, 15) is 15.0 Å². The molecule has 1 amide bonds. The van der Waals surface area contributed by atoms with Crippen molar-refractivity contribution in [2.24, 2.45) is 0 Å². The zero-order chi connectivity index (χ0) is 15.4. The SMILES string of the molecule is C[C@@H](O)C(c1ccccc1Cl)N(C(=O)O)C1CCCCC1.